The first-order valence-electron chi connectivity index (χ1n) is 13.9. The predicted octanol–water partition coefficient (Wildman–Crippen LogP) is -0.591. The number of aromatic nitrogens is 7. The van der Waals surface area contributed by atoms with Crippen LogP contribution in [0.3, 0.4) is 0 Å². The molecule has 246 valence electrons. The van der Waals surface area contributed by atoms with Gasteiger partial charge in [-0.3, -0.25) is 4.98 Å². The van der Waals surface area contributed by atoms with Crippen LogP contribution >= 0.6 is 11.8 Å². The van der Waals surface area contributed by atoms with Crippen molar-refractivity contribution in [3.05, 3.63) is 66.5 Å². The summed E-state index contributed by atoms with van der Waals surface area (Å²) in [4.78, 5) is 3.95. The number of benzene rings is 1. The van der Waals surface area contributed by atoms with Crippen molar-refractivity contribution in [1.82, 2.24) is 35.0 Å². The molecule has 1 aromatic carbocycles. The molecular weight excluding hydrogens is 639 g/mol. The molecule has 0 radical (unpaired) electrons. The molecule has 6 N–H and O–H groups in total. The zero-order valence-electron chi connectivity index (χ0n) is 23.5. The lowest BCUT2D eigenvalue weighted by Gasteiger charge is -2.46. The van der Waals surface area contributed by atoms with E-state index in [0.717, 1.165) is 22.6 Å². The number of hydrogen-bond donors (Lipinski definition) is 6. The van der Waals surface area contributed by atoms with E-state index < -0.39 is 90.2 Å². The number of aliphatic hydroxyl groups is 6. The summed E-state index contributed by atoms with van der Waals surface area (Å²) in [6.07, 6.45) is -2.83. The molecular formula is C27H28F3N7O8S. The number of nitrogens with zero attached hydrogens (tertiary/aromatic N) is 7. The zero-order valence-corrected chi connectivity index (χ0v) is 24.3. The van der Waals surface area contributed by atoms with Crippen molar-refractivity contribution < 1.29 is 53.3 Å². The van der Waals surface area contributed by atoms with Gasteiger partial charge in [-0.2, -0.15) is 0 Å². The summed E-state index contributed by atoms with van der Waals surface area (Å²) in [6, 6.07) is 2.29. The molecule has 19 heteroatoms. The zero-order chi connectivity index (χ0) is 32.7. The molecule has 0 saturated carbocycles. The summed E-state index contributed by atoms with van der Waals surface area (Å²) in [5, 5.41) is 80.4. The van der Waals surface area contributed by atoms with Crippen molar-refractivity contribution in [3.63, 3.8) is 0 Å². The highest BCUT2D eigenvalue weighted by Crippen LogP contribution is 2.42. The van der Waals surface area contributed by atoms with Gasteiger partial charge in [-0.05, 0) is 24.3 Å². The fraction of sp³-hybridized carbons (Fsp3) is 0.444. The monoisotopic (exact) mass is 667 g/mol. The quantitative estimate of drug-likeness (QED) is 0.130. The van der Waals surface area contributed by atoms with Gasteiger partial charge in [0.1, 0.15) is 71.0 Å². The number of rotatable bonds is 8. The van der Waals surface area contributed by atoms with Gasteiger partial charge >= 0.3 is 0 Å². The number of aliphatic hydroxyl groups excluding tert-OH is 6. The van der Waals surface area contributed by atoms with E-state index in [9.17, 15) is 43.8 Å². The lowest BCUT2D eigenvalue weighted by molar-refractivity contribution is -0.189. The minimum Gasteiger partial charge on any atom is -0.394 e. The average Bonchev–Trinajstić information content (AvgIpc) is 3.74. The lowest BCUT2D eigenvalue weighted by atomic mass is 9.97. The molecule has 10 atom stereocenters. The first-order chi connectivity index (χ1) is 22.1. The van der Waals surface area contributed by atoms with E-state index >= 15 is 0 Å². The van der Waals surface area contributed by atoms with E-state index in [2.05, 4.69) is 25.6 Å². The van der Waals surface area contributed by atoms with Crippen LogP contribution in [0.25, 0.3) is 22.5 Å². The van der Waals surface area contributed by atoms with E-state index in [-0.39, 0.29) is 11.3 Å². The topological polar surface area (TPSA) is 214 Å². The second-order valence-electron chi connectivity index (χ2n) is 10.7. The van der Waals surface area contributed by atoms with Gasteiger partial charge in [0, 0.05) is 23.5 Å². The van der Waals surface area contributed by atoms with Gasteiger partial charge in [0.2, 0.25) is 0 Å². The number of hydrogen-bond acceptors (Lipinski definition) is 14. The van der Waals surface area contributed by atoms with Gasteiger partial charge in [-0.25, -0.2) is 22.5 Å². The average molecular weight is 668 g/mol. The van der Waals surface area contributed by atoms with Crippen LogP contribution in [0.15, 0.2) is 49.1 Å². The van der Waals surface area contributed by atoms with Gasteiger partial charge in [0.05, 0.1) is 25.6 Å². The first-order valence-corrected chi connectivity index (χ1v) is 14.8. The normalized spacial score (nSPS) is 31.7. The van der Waals surface area contributed by atoms with Crippen molar-refractivity contribution >= 4 is 11.8 Å². The van der Waals surface area contributed by atoms with Crippen LogP contribution in [0.5, 0.6) is 0 Å². The van der Waals surface area contributed by atoms with E-state index in [1.807, 2.05) is 0 Å². The first kappa shape index (κ1) is 32.4. The number of halogens is 3. The van der Waals surface area contributed by atoms with Crippen molar-refractivity contribution in [2.24, 2.45) is 0 Å². The molecule has 2 aliphatic heterocycles. The Morgan fingerprint density at radius 1 is 0.696 bits per heavy atom. The summed E-state index contributed by atoms with van der Waals surface area (Å²) >= 11 is 0.748. The van der Waals surface area contributed by atoms with Crippen LogP contribution in [0, 0.1) is 17.5 Å². The third-order valence-corrected chi connectivity index (χ3v) is 9.17. The minimum absolute atomic E-state index is 0.110. The van der Waals surface area contributed by atoms with E-state index in [1.165, 1.54) is 10.9 Å². The second-order valence-corrected chi connectivity index (χ2v) is 11.9. The Hall–Kier alpha value is -3.53. The molecule has 15 nitrogen and oxygen atoms in total. The van der Waals surface area contributed by atoms with Crippen LogP contribution in [-0.4, -0.2) is 126 Å². The highest BCUT2D eigenvalue weighted by Gasteiger charge is 2.51. The Morgan fingerprint density at radius 3 is 1.61 bits per heavy atom. The fourth-order valence-electron chi connectivity index (χ4n) is 5.45. The molecule has 2 saturated heterocycles. The summed E-state index contributed by atoms with van der Waals surface area (Å²) in [5.74, 6) is -4.58. The van der Waals surface area contributed by atoms with E-state index in [1.54, 1.807) is 24.5 Å². The Labute approximate surface area is 261 Å². The molecule has 0 bridgehead atoms. The molecule has 4 unspecified atom stereocenters. The van der Waals surface area contributed by atoms with Crippen molar-refractivity contribution in [2.75, 3.05) is 13.2 Å². The summed E-state index contributed by atoms with van der Waals surface area (Å²) in [5.41, 5.74) is -1.75. The van der Waals surface area contributed by atoms with Gasteiger partial charge in [0.25, 0.3) is 0 Å². The van der Waals surface area contributed by atoms with Crippen LogP contribution in [0.1, 0.15) is 12.1 Å². The van der Waals surface area contributed by atoms with Crippen LogP contribution < -0.4 is 0 Å². The lowest BCUT2D eigenvalue weighted by Crippen LogP contribution is -2.58. The molecule has 5 heterocycles. The smallest absolute Gasteiger partial charge is 0.194 e. The molecule has 0 amide bonds. The van der Waals surface area contributed by atoms with Crippen molar-refractivity contribution in [3.8, 4) is 22.5 Å². The van der Waals surface area contributed by atoms with Crippen LogP contribution in [-0.2, 0) is 9.47 Å². The van der Waals surface area contributed by atoms with Gasteiger partial charge in [0.15, 0.2) is 17.5 Å². The van der Waals surface area contributed by atoms with Gasteiger partial charge in [-0.1, -0.05) is 22.2 Å². The minimum atomic E-state index is -1.67. The molecule has 0 spiro atoms. The predicted molar refractivity (Wildman–Crippen MR) is 150 cm³/mol. The Bertz CT molecular complexity index is 1630. The maximum Gasteiger partial charge on any atom is 0.194 e. The molecule has 0 aliphatic carbocycles. The number of pyridine rings is 1. The van der Waals surface area contributed by atoms with E-state index in [0.29, 0.717) is 23.4 Å². The third-order valence-electron chi connectivity index (χ3n) is 7.85. The summed E-state index contributed by atoms with van der Waals surface area (Å²) < 4.78 is 54.9. The summed E-state index contributed by atoms with van der Waals surface area (Å²) in [7, 11) is 0. The molecule has 4 aromatic rings. The number of thioether (sulfide) groups is 1. The van der Waals surface area contributed by atoms with E-state index in [4.69, 9.17) is 9.47 Å². The maximum atomic E-state index is 13.8. The Balaban J connectivity index is 1.25. The second kappa shape index (κ2) is 13.3. The van der Waals surface area contributed by atoms with Gasteiger partial charge in [-0.15, -0.1) is 10.2 Å². The largest absolute Gasteiger partial charge is 0.394 e. The van der Waals surface area contributed by atoms with Crippen LogP contribution in [0.2, 0.25) is 0 Å². The third kappa shape index (κ3) is 6.00. The maximum absolute atomic E-state index is 13.8. The highest BCUT2D eigenvalue weighted by molar-refractivity contribution is 8.00. The molecule has 46 heavy (non-hydrogen) atoms. The van der Waals surface area contributed by atoms with Crippen molar-refractivity contribution in [2.45, 2.75) is 59.6 Å². The molecule has 6 rings (SSSR count). The van der Waals surface area contributed by atoms with Crippen LogP contribution in [0.4, 0.5) is 13.2 Å². The summed E-state index contributed by atoms with van der Waals surface area (Å²) in [6.45, 7) is -1.35. The molecule has 3 aromatic heterocycles. The standard InChI is InChI=1S/C27H28F3N7O8S/c28-13-5-12(6-14(29)19(13)30)16-8-37(35-33-16)21-23(41)18(10-39)45-27(25(21)43)46-26-24(42)20(22(40)17(9-38)44-26)36-7-15(32-34-36)11-1-3-31-4-2-11/h1-8,17-18,20-27,38-43H,9-10H2/t17-,18?,20?,21+,22?,23+,24-,25?,26+,27+/m1/s1. The Morgan fingerprint density at radius 2 is 1.15 bits per heavy atom. The Kier molecular flexibility index (Phi) is 9.37. The molecule has 2 fully saturated rings. The fourth-order valence-corrected chi connectivity index (χ4v) is 6.78. The van der Waals surface area contributed by atoms with Crippen molar-refractivity contribution in [1.29, 1.82) is 0 Å². The van der Waals surface area contributed by atoms with Gasteiger partial charge < -0.3 is 40.1 Å². The molecule has 2 aliphatic rings. The number of ether oxygens (including phenoxy) is 2. The highest BCUT2D eigenvalue weighted by atomic mass is 32.2. The SMILES string of the molecule is OCC1O[C@@H](S[C@@H]2O[C@H](CO)C(O)C(n3cc(-c4ccncc4)nn3)[C@H]2O)C(O)[C@@H](n2cc(-c3cc(F)c(F)c(F)c3)nn2)[C@H]1O.